The lowest BCUT2D eigenvalue weighted by atomic mass is 10.1. The van der Waals surface area contributed by atoms with Crippen LogP contribution in [0.15, 0.2) is 18.2 Å². The largest absolute Gasteiger partial charge is 0.482 e. The van der Waals surface area contributed by atoms with Gasteiger partial charge in [-0.05, 0) is 43.9 Å². The second kappa shape index (κ2) is 6.92. The van der Waals surface area contributed by atoms with Crippen LogP contribution in [0.1, 0.15) is 60.2 Å². The number of ether oxygens (including phenoxy) is 1. The van der Waals surface area contributed by atoms with Gasteiger partial charge in [-0.15, -0.1) is 10.2 Å². The third kappa shape index (κ3) is 2.93. The summed E-state index contributed by atoms with van der Waals surface area (Å²) in [6.45, 7) is 1.62. The Kier molecular flexibility index (Phi) is 4.26. The highest BCUT2D eigenvalue weighted by molar-refractivity contribution is 5.99. The minimum atomic E-state index is -0.182. The molecule has 5 rings (SSSR count). The van der Waals surface area contributed by atoms with Gasteiger partial charge < -0.3 is 19.5 Å². The Morgan fingerprint density at radius 3 is 3.00 bits per heavy atom. The molecule has 1 saturated heterocycles. The van der Waals surface area contributed by atoms with Crippen LogP contribution >= 0.6 is 0 Å². The molecular weight excluding hydrogens is 358 g/mol. The van der Waals surface area contributed by atoms with Gasteiger partial charge in [0.1, 0.15) is 11.6 Å². The molecule has 3 aliphatic rings. The van der Waals surface area contributed by atoms with Crippen LogP contribution in [0.3, 0.4) is 0 Å². The number of aryl methyl sites for hydroxylation is 1. The van der Waals surface area contributed by atoms with Crippen LogP contribution in [0, 0.1) is 0 Å². The molecular formula is C20H23N5O3. The monoisotopic (exact) mass is 381 g/mol. The summed E-state index contributed by atoms with van der Waals surface area (Å²) >= 11 is 0. The maximum atomic E-state index is 13.3. The van der Waals surface area contributed by atoms with Crippen LogP contribution in [-0.2, 0) is 17.8 Å². The fourth-order valence-electron chi connectivity index (χ4n) is 4.41. The number of nitrogens with zero attached hydrogens (tertiary/aromatic N) is 4. The molecule has 0 radical (unpaired) electrons. The van der Waals surface area contributed by atoms with E-state index in [1.807, 2.05) is 4.90 Å². The van der Waals surface area contributed by atoms with Crippen LogP contribution in [-0.4, -0.2) is 44.6 Å². The molecule has 0 aliphatic carbocycles. The van der Waals surface area contributed by atoms with Gasteiger partial charge in [-0.1, -0.05) is 6.42 Å². The second-order valence-electron chi connectivity index (χ2n) is 7.64. The van der Waals surface area contributed by atoms with E-state index in [9.17, 15) is 9.59 Å². The zero-order valence-electron chi connectivity index (χ0n) is 15.7. The molecule has 2 amide bonds. The quantitative estimate of drug-likeness (QED) is 0.862. The average Bonchev–Trinajstić information content (AvgIpc) is 3.27. The molecule has 2 aromatic rings. The number of anilines is 1. The zero-order chi connectivity index (χ0) is 19.1. The fourth-order valence-corrected chi connectivity index (χ4v) is 4.41. The van der Waals surface area contributed by atoms with E-state index in [0.29, 0.717) is 23.5 Å². The van der Waals surface area contributed by atoms with Crippen molar-refractivity contribution in [3.63, 3.8) is 0 Å². The normalized spacial score (nSPS) is 21.4. The molecule has 28 heavy (non-hydrogen) atoms. The first-order valence-electron chi connectivity index (χ1n) is 10.0. The van der Waals surface area contributed by atoms with E-state index in [4.69, 9.17) is 4.74 Å². The van der Waals surface area contributed by atoms with E-state index in [-0.39, 0.29) is 24.5 Å². The van der Waals surface area contributed by atoms with Gasteiger partial charge in [-0.2, -0.15) is 0 Å². The van der Waals surface area contributed by atoms with Crippen molar-refractivity contribution in [1.29, 1.82) is 0 Å². The average molecular weight is 381 g/mol. The first kappa shape index (κ1) is 17.2. The van der Waals surface area contributed by atoms with E-state index < -0.39 is 0 Å². The Labute approximate surface area is 162 Å². The van der Waals surface area contributed by atoms with Crippen molar-refractivity contribution >= 4 is 17.5 Å². The van der Waals surface area contributed by atoms with Gasteiger partial charge in [0.15, 0.2) is 12.4 Å². The fraction of sp³-hybridized carbons (Fsp3) is 0.500. The minimum absolute atomic E-state index is 0.0249. The Morgan fingerprint density at radius 1 is 1.14 bits per heavy atom. The van der Waals surface area contributed by atoms with Crippen LogP contribution in [0.25, 0.3) is 0 Å². The van der Waals surface area contributed by atoms with E-state index >= 15 is 0 Å². The highest BCUT2D eigenvalue weighted by Gasteiger charge is 2.35. The number of amides is 2. The third-order valence-electron chi connectivity index (χ3n) is 5.81. The second-order valence-corrected chi connectivity index (χ2v) is 7.64. The van der Waals surface area contributed by atoms with Crippen molar-refractivity contribution in [2.75, 3.05) is 18.5 Å². The summed E-state index contributed by atoms with van der Waals surface area (Å²) in [5, 5.41) is 11.6. The predicted octanol–water partition coefficient (Wildman–Crippen LogP) is 2.31. The minimum Gasteiger partial charge on any atom is -0.482 e. The molecule has 0 saturated carbocycles. The Balaban J connectivity index is 1.42. The Bertz CT molecular complexity index is 938. The van der Waals surface area contributed by atoms with Crippen molar-refractivity contribution in [3.05, 3.63) is 35.4 Å². The molecule has 1 atom stereocenters. The van der Waals surface area contributed by atoms with Crippen molar-refractivity contribution in [1.82, 2.24) is 19.7 Å². The number of benzene rings is 1. The molecule has 8 heteroatoms. The van der Waals surface area contributed by atoms with Gasteiger partial charge in [0.2, 0.25) is 0 Å². The number of nitrogens with one attached hydrogen (secondary N) is 1. The van der Waals surface area contributed by atoms with Gasteiger partial charge in [0.05, 0.1) is 11.7 Å². The third-order valence-corrected chi connectivity index (χ3v) is 5.81. The number of carbonyl (C=O) groups is 2. The topological polar surface area (TPSA) is 89.4 Å². The molecule has 1 fully saturated rings. The summed E-state index contributed by atoms with van der Waals surface area (Å²) in [4.78, 5) is 26.6. The molecule has 4 heterocycles. The number of hydrogen-bond acceptors (Lipinski definition) is 5. The van der Waals surface area contributed by atoms with Crippen molar-refractivity contribution in [2.45, 2.75) is 51.1 Å². The SMILES string of the molecule is O=C1COc2cc(C(=O)N3CCCC3c3nnc4n3CCCCC4)ccc2N1. The first-order valence-corrected chi connectivity index (χ1v) is 10.0. The smallest absolute Gasteiger partial charge is 0.262 e. The molecule has 1 aromatic carbocycles. The van der Waals surface area contributed by atoms with Crippen LogP contribution < -0.4 is 10.1 Å². The first-order chi connectivity index (χ1) is 13.7. The lowest BCUT2D eigenvalue weighted by Crippen LogP contribution is -2.32. The Morgan fingerprint density at radius 2 is 2.07 bits per heavy atom. The zero-order valence-corrected chi connectivity index (χ0v) is 15.7. The van der Waals surface area contributed by atoms with Crippen molar-refractivity contribution in [3.8, 4) is 5.75 Å². The summed E-state index contributed by atoms with van der Waals surface area (Å²) in [7, 11) is 0. The van der Waals surface area contributed by atoms with Crippen LogP contribution in [0.4, 0.5) is 5.69 Å². The number of hydrogen-bond donors (Lipinski definition) is 1. The molecule has 8 nitrogen and oxygen atoms in total. The molecule has 3 aliphatic heterocycles. The van der Waals surface area contributed by atoms with Crippen molar-refractivity contribution < 1.29 is 14.3 Å². The highest BCUT2D eigenvalue weighted by Crippen LogP contribution is 2.35. The lowest BCUT2D eigenvalue weighted by molar-refractivity contribution is -0.118. The van der Waals surface area contributed by atoms with Crippen LogP contribution in [0.2, 0.25) is 0 Å². The van der Waals surface area contributed by atoms with Gasteiger partial charge in [0.25, 0.3) is 11.8 Å². The number of fused-ring (bicyclic) bond motifs is 2. The van der Waals surface area contributed by atoms with E-state index in [2.05, 4.69) is 20.1 Å². The van der Waals surface area contributed by atoms with Gasteiger partial charge in [0, 0.05) is 25.1 Å². The van der Waals surface area contributed by atoms with Gasteiger partial charge in [-0.25, -0.2) is 0 Å². The Hall–Kier alpha value is -2.90. The number of carbonyl (C=O) groups excluding carboxylic acids is 2. The number of aromatic nitrogens is 3. The molecule has 1 unspecified atom stereocenters. The van der Waals surface area contributed by atoms with E-state index in [1.165, 1.54) is 6.42 Å². The molecule has 1 N–H and O–H groups in total. The molecule has 146 valence electrons. The van der Waals surface area contributed by atoms with Crippen LogP contribution in [0.5, 0.6) is 5.75 Å². The summed E-state index contributed by atoms with van der Waals surface area (Å²) in [5.41, 5.74) is 1.17. The predicted molar refractivity (Wildman–Crippen MR) is 101 cm³/mol. The van der Waals surface area contributed by atoms with Gasteiger partial charge >= 0.3 is 0 Å². The van der Waals surface area contributed by atoms with Crippen molar-refractivity contribution in [2.24, 2.45) is 0 Å². The van der Waals surface area contributed by atoms with E-state index in [0.717, 1.165) is 50.3 Å². The summed E-state index contributed by atoms with van der Waals surface area (Å²) in [6, 6.07) is 5.16. The summed E-state index contributed by atoms with van der Waals surface area (Å²) in [6.07, 6.45) is 6.31. The molecule has 0 spiro atoms. The van der Waals surface area contributed by atoms with Gasteiger partial charge in [-0.3, -0.25) is 9.59 Å². The van der Waals surface area contributed by atoms with E-state index in [1.54, 1.807) is 18.2 Å². The standard InChI is InChI=1S/C20H23N5O3/c26-18-12-28-16-11-13(7-8-14(16)21-18)20(27)24-10-4-5-15(24)19-23-22-17-6-2-1-3-9-25(17)19/h7-8,11,15H,1-6,9-10,12H2,(H,21,26). The summed E-state index contributed by atoms with van der Waals surface area (Å²) in [5.74, 6) is 2.29. The highest BCUT2D eigenvalue weighted by atomic mass is 16.5. The maximum absolute atomic E-state index is 13.3. The molecule has 1 aromatic heterocycles. The lowest BCUT2D eigenvalue weighted by Gasteiger charge is -2.25. The maximum Gasteiger partial charge on any atom is 0.262 e. The number of likely N-dealkylation sites (tertiary alicyclic amines) is 1. The molecule has 0 bridgehead atoms. The number of rotatable bonds is 2. The summed E-state index contributed by atoms with van der Waals surface area (Å²) < 4.78 is 7.70.